The van der Waals surface area contributed by atoms with Gasteiger partial charge in [-0.2, -0.15) is 5.10 Å². The fraction of sp³-hybridized carbons (Fsp3) is 0.636. The molecule has 372 valence electrons. The number of esters is 2. The lowest BCUT2D eigenvalue weighted by atomic mass is 9.80. The number of aromatic nitrogens is 2. The molecule has 6 aliphatic rings. The third-order valence-electron chi connectivity index (χ3n) is 16.6. The van der Waals surface area contributed by atoms with Crippen LogP contribution in [-0.4, -0.2) is 142 Å². The van der Waals surface area contributed by atoms with Crippen molar-refractivity contribution in [2.24, 2.45) is 16.7 Å². The molecule has 4 heterocycles. The number of carbonyl (C=O) groups excluding carboxylic acids is 5. The maximum absolute atomic E-state index is 15.3. The summed E-state index contributed by atoms with van der Waals surface area (Å²) in [6.45, 7) is 11.5. The number of rotatable bonds is 18. The van der Waals surface area contributed by atoms with Crippen molar-refractivity contribution in [1.82, 2.24) is 34.3 Å². The molecular weight excluding hydrogens is 871 g/mol. The topological polar surface area (TPSA) is 138 Å². The van der Waals surface area contributed by atoms with E-state index in [1.165, 1.54) is 4.90 Å². The van der Waals surface area contributed by atoms with Crippen molar-refractivity contribution in [2.75, 3.05) is 66.1 Å². The summed E-state index contributed by atoms with van der Waals surface area (Å²) < 4.78 is 13.7. The van der Waals surface area contributed by atoms with Crippen LogP contribution in [0.2, 0.25) is 0 Å². The van der Waals surface area contributed by atoms with E-state index in [1.54, 1.807) is 9.58 Å². The Morgan fingerprint density at radius 1 is 0.812 bits per heavy atom. The second-order valence-electron chi connectivity index (χ2n) is 21.4. The molecule has 2 saturated carbocycles. The number of unbranched alkanes of at least 4 members (excludes halogenated alkanes) is 2. The quantitative estimate of drug-likeness (QED) is 0.0919. The van der Waals surface area contributed by atoms with Crippen molar-refractivity contribution in [2.45, 2.75) is 142 Å². The number of urea groups is 1. The highest BCUT2D eigenvalue weighted by atomic mass is 16.6. The van der Waals surface area contributed by atoms with E-state index in [0.717, 1.165) is 142 Å². The number of aryl methyl sites for hydroxylation is 1. The monoisotopic (exact) mass is 946 g/mol. The lowest BCUT2D eigenvalue weighted by Crippen LogP contribution is -2.60. The van der Waals surface area contributed by atoms with Gasteiger partial charge in [0.05, 0.1) is 16.3 Å². The van der Waals surface area contributed by atoms with E-state index in [1.807, 2.05) is 54.4 Å². The molecule has 1 atom stereocenters. The van der Waals surface area contributed by atoms with Crippen LogP contribution in [0.25, 0.3) is 17.0 Å². The number of piperazine rings is 1. The Morgan fingerprint density at radius 3 is 2.12 bits per heavy atom. The number of piperidine rings is 2. The molecule has 14 heteroatoms. The van der Waals surface area contributed by atoms with E-state index in [2.05, 4.69) is 36.8 Å². The number of amides is 3. The lowest BCUT2D eigenvalue weighted by molar-refractivity contribution is -0.158. The number of carbonyl (C=O) groups is 5. The number of benzene rings is 2. The molecule has 0 N–H and O–H groups in total. The van der Waals surface area contributed by atoms with Crippen LogP contribution in [0, 0.1) is 23.7 Å². The Labute approximate surface area is 408 Å². The molecule has 0 radical (unpaired) electrons. The van der Waals surface area contributed by atoms with Crippen molar-refractivity contribution in [1.29, 1.82) is 0 Å². The first-order valence-electron chi connectivity index (χ1n) is 26.3. The Bertz CT molecular complexity index is 2400. The average Bonchev–Trinajstić information content (AvgIpc) is 4.30. The summed E-state index contributed by atoms with van der Waals surface area (Å²) in [5, 5.41) is 5.66. The van der Waals surface area contributed by atoms with Crippen LogP contribution < -0.4 is 0 Å². The van der Waals surface area contributed by atoms with Crippen LogP contribution >= 0.6 is 0 Å². The van der Waals surface area contributed by atoms with Gasteiger partial charge in [-0.05, 0) is 137 Å². The number of fused-ring (bicyclic) bond motifs is 2. The minimum atomic E-state index is -0.964. The van der Waals surface area contributed by atoms with Crippen LogP contribution in [0.1, 0.15) is 126 Å². The average molecular weight is 946 g/mol. The molecule has 5 fully saturated rings. The van der Waals surface area contributed by atoms with Gasteiger partial charge in [-0.1, -0.05) is 69.9 Å². The van der Waals surface area contributed by atoms with Gasteiger partial charge in [0.2, 0.25) is 5.91 Å². The Morgan fingerprint density at radius 2 is 1.46 bits per heavy atom. The molecule has 2 aromatic carbocycles. The fourth-order valence-electron chi connectivity index (χ4n) is 11.6. The highest BCUT2D eigenvalue weighted by Crippen LogP contribution is 2.52. The van der Waals surface area contributed by atoms with Crippen molar-refractivity contribution < 1.29 is 33.4 Å². The number of hydrogen-bond donors (Lipinski definition) is 0. The summed E-state index contributed by atoms with van der Waals surface area (Å²) in [5.41, 5.74) is 4.59. The highest BCUT2D eigenvalue weighted by molar-refractivity contribution is 6.04. The summed E-state index contributed by atoms with van der Waals surface area (Å²) in [7, 11) is 2.17. The number of allylic oxidation sites excluding steroid dienone is 1. The predicted octanol–water partition coefficient (Wildman–Crippen LogP) is 7.78. The molecule has 3 aromatic rings. The highest BCUT2D eigenvalue weighted by Gasteiger charge is 2.52. The molecule has 3 amide bonds. The number of ketones is 1. The third kappa shape index (κ3) is 11.0. The SMILES string of the molecule is CCCCC1(C(=O)OCN(C(=O)N2CCC(C3=Cc4ccccc4CC3=O)CC2)[C@H](Cc2cc(C)c3nn(COC(=O)C4(CCCC)CC4)cc3c2)C(=O)N2CCN(C3CCN(C)CC3)CC2)CC1. The van der Waals surface area contributed by atoms with Crippen molar-refractivity contribution in [3.63, 3.8) is 0 Å². The predicted molar refractivity (Wildman–Crippen MR) is 265 cm³/mol. The van der Waals surface area contributed by atoms with Gasteiger partial charge in [-0.3, -0.25) is 29.0 Å². The van der Waals surface area contributed by atoms with Crippen LogP contribution in [0.3, 0.4) is 0 Å². The zero-order chi connectivity index (χ0) is 48.3. The number of likely N-dealkylation sites (tertiary alicyclic amines) is 2. The summed E-state index contributed by atoms with van der Waals surface area (Å²) in [6, 6.07) is 11.3. The van der Waals surface area contributed by atoms with Gasteiger partial charge < -0.3 is 24.2 Å². The van der Waals surface area contributed by atoms with E-state index >= 15 is 9.59 Å². The zero-order valence-corrected chi connectivity index (χ0v) is 41.7. The molecule has 69 heavy (non-hydrogen) atoms. The fourth-order valence-corrected chi connectivity index (χ4v) is 11.6. The van der Waals surface area contributed by atoms with Crippen LogP contribution in [0.5, 0.6) is 0 Å². The second kappa shape index (κ2) is 21.1. The lowest BCUT2D eigenvalue weighted by Gasteiger charge is -2.44. The molecule has 1 aromatic heterocycles. The molecule has 14 nitrogen and oxygen atoms in total. The molecule has 0 unspecified atom stereocenters. The van der Waals surface area contributed by atoms with Crippen molar-refractivity contribution in [3.05, 3.63) is 70.4 Å². The molecule has 3 aliphatic heterocycles. The van der Waals surface area contributed by atoms with Gasteiger partial charge in [-0.25, -0.2) is 9.48 Å². The van der Waals surface area contributed by atoms with Gasteiger partial charge in [0.1, 0.15) is 6.04 Å². The first-order chi connectivity index (χ1) is 33.4. The molecular formula is C55H75N7O7. The molecule has 3 aliphatic carbocycles. The first-order valence-corrected chi connectivity index (χ1v) is 26.3. The first kappa shape index (κ1) is 48.9. The summed E-state index contributed by atoms with van der Waals surface area (Å²) in [4.78, 5) is 81.3. The summed E-state index contributed by atoms with van der Waals surface area (Å²) in [6.07, 6.45) is 16.8. The number of Topliss-reactive ketones (excluding diaryl/α,β-unsaturated/α-hetero) is 1. The van der Waals surface area contributed by atoms with Crippen LogP contribution in [0.15, 0.2) is 48.2 Å². The molecule has 0 bridgehead atoms. The van der Waals surface area contributed by atoms with E-state index in [0.29, 0.717) is 51.5 Å². The number of nitrogens with zero attached hydrogens (tertiary/aromatic N) is 7. The van der Waals surface area contributed by atoms with Crippen LogP contribution in [-0.2, 0) is 48.2 Å². The second-order valence-corrected chi connectivity index (χ2v) is 21.4. The van der Waals surface area contributed by atoms with Gasteiger partial charge in [0.25, 0.3) is 0 Å². The largest absolute Gasteiger partial charge is 0.444 e. The maximum atomic E-state index is 15.3. The minimum Gasteiger partial charge on any atom is -0.444 e. The molecule has 9 rings (SSSR count). The van der Waals surface area contributed by atoms with Gasteiger partial charge in [0, 0.05) is 69.7 Å². The van der Waals surface area contributed by atoms with Gasteiger partial charge in [0.15, 0.2) is 19.2 Å². The zero-order valence-electron chi connectivity index (χ0n) is 41.7. The Balaban J connectivity index is 0.979. The van der Waals surface area contributed by atoms with E-state index < -0.39 is 11.5 Å². The Hall–Kier alpha value is -5.08. The van der Waals surface area contributed by atoms with E-state index in [-0.39, 0.29) is 60.9 Å². The summed E-state index contributed by atoms with van der Waals surface area (Å²) in [5.74, 6) is -0.448. The molecule has 3 saturated heterocycles. The smallest absolute Gasteiger partial charge is 0.323 e. The minimum absolute atomic E-state index is 0.0165. The van der Waals surface area contributed by atoms with Gasteiger partial charge >= 0.3 is 18.0 Å². The summed E-state index contributed by atoms with van der Waals surface area (Å²) >= 11 is 0. The maximum Gasteiger partial charge on any atom is 0.323 e. The van der Waals surface area contributed by atoms with E-state index in [9.17, 15) is 14.4 Å². The van der Waals surface area contributed by atoms with Crippen molar-refractivity contribution in [3.8, 4) is 0 Å². The van der Waals surface area contributed by atoms with Gasteiger partial charge in [-0.15, -0.1) is 0 Å². The number of ether oxygens (including phenoxy) is 2. The van der Waals surface area contributed by atoms with Crippen molar-refractivity contribution >= 4 is 46.6 Å². The molecule has 0 spiro atoms. The Kier molecular flexibility index (Phi) is 15.0. The van der Waals surface area contributed by atoms with E-state index in [4.69, 9.17) is 14.6 Å². The standard InChI is InChI=1S/C55H75N7O7/c1-5-7-17-54(19-20-54)51(65)68-37-61-36-44-32-40(31-39(3)49(44)56-61)33-47(50(64)59-29-27-58(28-30-59)45-15-23-57(4)24-16-45)62(38-69-52(66)55(21-22-55)18-8-6-2)53(67)60-25-13-41(14-26-60)46-34-42-11-9-10-12-43(42)35-48(46)63/h9-12,31-32,34,36,41,45,47H,5-8,13-30,33,35,37-38H2,1-4H3/t47-/m1/s1. The van der Waals surface area contributed by atoms with Crippen LogP contribution in [0.4, 0.5) is 4.79 Å². The third-order valence-corrected chi connectivity index (χ3v) is 16.6. The normalized spacial score (nSPS) is 21.1. The number of hydrogen-bond acceptors (Lipinski definition) is 10.